The van der Waals surface area contributed by atoms with Gasteiger partial charge in [-0.2, -0.15) is 0 Å². The van der Waals surface area contributed by atoms with Gasteiger partial charge in [-0.3, -0.25) is 9.89 Å². The molecule has 2 heterocycles. The third-order valence-corrected chi connectivity index (χ3v) is 5.24. The van der Waals surface area contributed by atoms with Crippen LogP contribution in [0.5, 0.6) is 11.5 Å². The first kappa shape index (κ1) is 19.1. The van der Waals surface area contributed by atoms with E-state index in [1.165, 1.54) is 17.8 Å². The highest BCUT2D eigenvalue weighted by Gasteiger charge is 2.12. The fourth-order valence-electron chi connectivity index (χ4n) is 2.85. The first-order valence-corrected chi connectivity index (χ1v) is 10.1. The maximum absolute atomic E-state index is 11.8. The molecule has 7 nitrogen and oxygen atoms in total. The molecular weight excluding hydrogens is 388 g/mol. The molecule has 2 aromatic heterocycles. The molecule has 0 atom stereocenters. The quantitative estimate of drug-likeness (QED) is 0.372. The zero-order valence-corrected chi connectivity index (χ0v) is 16.9. The van der Waals surface area contributed by atoms with Gasteiger partial charge in [-0.05, 0) is 42.8 Å². The van der Waals surface area contributed by atoms with Crippen molar-refractivity contribution < 1.29 is 9.47 Å². The molecule has 148 valence electrons. The van der Waals surface area contributed by atoms with E-state index in [-0.39, 0.29) is 5.56 Å². The lowest BCUT2D eigenvalue weighted by molar-refractivity contribution is 0.341. The van der Waals surface area contributed by atoms with Gasteiger partial charge in [0.1, 0.15) is 11.5 Å². The molecule has 0 bridgehead atoms. The van der Waals surface area contributed by atoms with Crippen LogP contribution < -0.4 is 15.0 Å². The van der Waals surface area contributed by atoms with Gasteiger partial charge in [0.2, 0.25) is 0 Å². The maximum Gasteiger partial charge on any atom is 0.266 e. The fraction of sp³-hybridized carbons (Fsp3) is 0.190. The van der Waals surface area contributed by atoms with Crippen molar-refractivity contribution in [2.45, 2.75) is 12.1 Å². The molecule has 29 heavy (non-hydrogen) atoms. The highest BCUT2D eigenvalue weighted by molar-refractivity contribution is 7.99. The number of hydrogen-bond donors (Lipinski definition) is 1. The maximum atomic E-state index is 11.8. The van der Waals surface area contributed by atoms with Crippen LogP contribution >= 0.6 is 11.8 Å². The van der Waals surface area contributed by atoms with Gasteiger partial charge in [0, 0.05) is 17.4 Å². The third kappa shape index (κ3) is 4.27. The van der Waals surface area contributed by atoms with Crippen LogP contribution in [-0.4, -0.2) is 39.1 Å². The van der Waals surface area contributed by atoms with E-state index in [4.69, 9.17) is 9.47 Å². The number of rotatable bonds is 7. The van der Waals surface area contributed by atoms with Crippen molar-refractivity contribution >= 4 is 17.4 Å². The molecule has 0 unspecified atom stereocenters. The normalized spacial score (nSPS) is 11.0. The summed E-state index contributed by atoms with van der Waals surface area (Å²) in [6.45, 7) is 2.53. The Bertz CT molecular complexity index is 1180. The summed E-state index contributed by atoms with van der Waals surface area (Å²) in [5.74, 6) is 2.85. The summed E-state index contributed by atoms with van der Waals surface area (Å²) in [5.41, 5.74) is 2.25. The van der Waals surface area contributed by atoms with Crippen molar-refractivity contribution in [1.82, 2.24) is 19.6 Å². The summed E-state index contributed by atoms with van der Waals surface area (Å²) < 4.78 is 12.7. The van der Waals surface area contributed by atoms with E-state index in [2.05, 4.69) is 15.1 Å². The topological polar surface area (TPSA) is 81.5 Å². The highest BCUT2D eigenvalue weighted by atomic mass is 32.2. The number of fused-ring (bicyclic) bond motifs is 1. The van der Waals surface area contributed by atoms with Crippen LogP contribution in [0.3, 0.4) is 0 Å². The van der Waals surface area contributed by atoms with Gasteiger partial charge in [0.25, 0.3) is 5.56 Å². The van der Waals surface area contributed by atoms with E-state index in [9.17, 15) is 4.79 Å². The minimum absolute atomic E-state index is 0.218. The first-order chi connectivity index (χ1) is 14.1. The molecule has 8 heteroatoms. The standard InChI is InChI=1S/C21H20N4O3S/c1-14-5-3-4-6-17(14)28-11-12-29-21-23-20(15-7-9-16(27-2)10-8-15)22-18-13-19(26)24-25(18)21/h3-10,13H,11-12H2,1-2H3,(H,24,26). The van der Waals surface area contributed by atoms with Crippen molar-refractivity contribution in [3.05, 3.63) is 70.5 Å². The number of aromatic nitrogens is 4. The average Bonchev–Trinajstić information content (AvgIpc) is 3.12. The Morgan fingerprint density at radius 2 is 1.90 bits per heavy atom. The number of methoxy groups -OCH3 is 1. The summed E-state index contributed by atoms with van der Waals surface area (Å²) in [7, 11) is 1.62. The number of hydrogen-bond acceptors (Lipinski definition) is 6. The molecule has 0 aliphatic rings. The van der Waals surface area contributed by atoms with Crippen molar-refractivity contribution in [3.63, 3.8) is 0 Å². The number of aryl methyl sites for hydroxylation is 1. The summed E-state index contributed by atoms with van der Waals surface area (Å²) in [5, 5.41) is 3.40. The second-order valence-corrected chi connectivity index (χ2v) is 7.40. The van der Waals surface area contributed by atoms with Crippen molar-refractivity contribution in [2.75, 3.05) is 19.5 Å². The van der Waals surface area contributed by atoms with E-state index >= 15 is 0 Å². The Labute approximate surface area is 171 Å². The van der Waals surface area contributed by atoms with Crippen LogP contribution in [0, 0.1) is 6.92 Å². The molecule has 0 radical (unpaired) electrons. The van der Waals surface area contributed by atoms with Gasteiger partial charge < -0.3 is 9.47 Å². The van der Waals surface area contributed by atoms with Crippen molar-refractivity contribution in [1.29, 1.82) is 0 Å². The molecule has 1 N–H and O–H groups in total. The Kier molecular flexibility index (Phi) is 5.53. The SMILES string of the molecule is COc1ccc(-c2nc(SCCOc3ccccc3C)n3[nH]c(=O)cc3n2)cc1. The summed E-state index contributed by atoms with van der Waals surface area (Å²) >= 11 is 1.50. The van der Waals surface area contributed by atoms with Crippen LogP contribution in [0.1, 0.15) is 5.56 Å². The van der Waals surface area contributed by atoms with Gasteiger partial charge in [-0.15, -0.1) is 0 Å². The predicted molar refractivity (Wildman–Crippen MR) is 113 cm³/mol. The monoisotopic (exact) mass is 408 g/mol. The third-order valence-electron chi connectivity index (χ3n) is 4.34. The number of thioether (sulfide) groups is 1. The van der Waals surface area contributed by atoms with E-state index in [0.29, 0.717) is 29.0 Å². The molecule has 0 spiro atoms. The molecule has 4 aromatic rings. The van der Waals surface area contributed by atoms with Gasteiger partial charge >= 0.3 is 0 Å². The molecule has 0 aliphatic carbocycles. The molecule has 0 aliphatic heterocycles. The van der Waals surface area contributed by atoms with E-state index in [1.807, 2.05) is 55.5 Å². The second-order valence-electron chi connectivity index (χ2n) is 6.33. The lowest BCUT2D eigenvalue weighted by atomic mass is 10.2. The number of H-pyrrole nitrogens is 1. The largest absolute Gasteiger partial charge is 0.497 e. The molecule has 0 amide bonds. The second kappa shape index (κ2) is 8.40. The van der Waals surface area contributed by atoms with Gasteiger partial charge in [-0.1, -0.05) is 30.0 Å². The van der Waals surface area contributed by atoms with Crippen LogP contribution in [0.2, 0.25) is 0 Å². The van der Waals surface area contributed by atoms with E-state index < -0.39 is 0 Å². The van der Waals surface area contributed by atoms with E-state index in [0.717, 1.165) is 22.6 Å². The number of aromatic amines is 1. The zero-order chi connectivity index (χ0) is 20.2. The molecule has 0 saturated carbocycles. The summed E-state index contributed by atoms with van der Waals surface area (Å²) in [6.07, 6.45) is 0. The number of nitrogens with one attached hydrogen (secondary N) is 1. The summed E-state index contributed by atoms with van der Waals surface area (Å²) in [6, 6.07) is 16.9. The Hall–Kier alpha value is -3.26. The van der Waals surface area contributed by atoms with Crippen LogP contribution in [0.25, 0.3) is 17.0 Å². The Balaban J connectivity index is 1.55. The number of ether oxygens (including phenoxy) is 2. The smallest absolute Gasteiger partial charge is 0.266 e. The molecule has 0 fully saturated rings. The lowest BCUT2D eigenvalue weighted by Gasteiger charge is -2.10. The number of benzene rings is 2. The van der Waals surface area contributed by atoms with Crippen LogP contribution in [0.4, 0.5) is 0 Å². The van der Waals surface area contributed by atoms with Gasteiger partial charge in [0.05, 0.1) is 13.7 Å². The highest BCUT2D eigenvalue weighted by Crippen LogP contribution is 2.24. The number of para-hydroxylation sites is 1. The van der Waals surface area contributed by atoms with Crippen molar-refractivity contribution in [3.8, 4) is 22.9 Å². The van der Waals surface area contributed by atoms with Crippen molar-refractivity contribution in [2.24, 2.45) is 0 Å². The average molecular weight is 408 g/mol. The minimum atomic E-state index is -0.218. The Morgan fingerprint density at radius 3 is 2.66 bits per heavy atom. The molecule has 4 rings (SSSR count). The predicted octanol–water partition coefficient (Wildman–Crippen LogP) is 3.57. The molecule has 2 aromatic carbocycles. The Morgan fingerprint density at radius 1 is 1.10 bits per heavy atom. The molecular formula is C21H20N4O3S. The minimum Gasteiger partial charge on any atom is -0.497 e. The number of nitrogens with zero attached hydrogens (tertiary/aromatic N) is 3. The van der Waals surface area contributed by atoms with Gasteiger partial charge in [0.15, 0.2) is 16.6 Å². The van der Waals surface area contributed by atoms with Crippen LogP contribution in [0.15, 0.2) is 64.5 Å². The first-order valence-electron chi connectivity index (χ1n) is 9.09. The lowest BCUT2D eigenvalue weighted by Crippen LogP contribution is -2.07. The molecule has 0 saturated heterocycles. The van der Waals surface area contributed by atoms with Crippen LogP contribution in [-0.2, 0) is 0 Å². The summed E-state index contributed by atoms with van der Waals surface area (Å²) in [4.78, 5) is 21.0. The fourth-order valence-corrected chi connectivity index (χ4v) is 3.62. The van der Waals surface area contributed by atoms with Gasteiger partial charge in [-0.25, -0.2) is 14.5 Å². The zero-order valence-electron chi connectivity index (χ0n) is 16.1. The van der Waals surface area contributed by atoms with E-state index in [1.54, 1.807) is 11.6 Å².